The highest BCUT2D eigenvalue weighted by Crippen LogP contribution is 2.40. The van der Waals surface area contributed by atoms with Crippen LogP contribution < -0.4 is 36.0 Å². The smallest absolute Gasteiger partial charge is 0.410 e. The number of carboxylic acid groups (broad SMARTS) is 1. The van der Waals surface area contributed by atoms with Gasteiger partial charge in [0, 0.05) is 142 Å². The number of halogens is 2. The number of carboxylic acids is 1. The number of carbonyl (C=O) groups is 3. The van der Waals surface area contributed by atoms with Gasteiger partial charge in [0.2, 0.25) is 17.8 Å². The summed E-state index contributed by atoms with van der Waals surface area (Å²) in [7, 11) is 3.82. The summed E-state index contributed by atoms with van der Waals surface area (Å²) in [6, 6.07) is 24.9. The molecule has 5 N–H and O–H groups in total. The number of anilines is 6. The van der Waals surface area contributed by atoms with E-state index in [0.29, 0.717) is 93.2 Å². The minimum absolute atomic E-state index is 0. The van der Waals surface area contributed by atoms with Crippen LogP contribution in [-0.4, -0.2) is 161 Å². The highest BCUT2D eigenvalue weighted by atomic mass is 32.1. The summed E-state index contributed by atoms with van der Waals surface area (Å²) in [5.41, 5.74) is 14.6. The molecule has 2 amide bonds. The maximum absolute atomic E-state index is 13.6. The molecule has 0 spiro atoms. The van der Waals surface area contributed by atoms with Crippen molar-refractivity contribution in [3.8, 4) is 56.9 Å². The molecule has 29 heteroatoms. The third kappa shape index (κ3) is 18.0. The highest BCUT2D eigenvalue weighted by molar-refractivity contribution is 7.17. The van der Waals surface area contributed by atoms with Gasteiger partial charge in [0.15, 0.2) is 10.3 Å². The Morgan fingerprint density at radius 1 is 0.604 bits per heavy atom. The van der Waals surface area contributed by atoms with Crippen molar-refractivity contribution in [3.63, 3.8) is 0 Å². The van der Waals surface area contributed by atoms with Crippen LogP contribution in [0.2, 0.25) is 0 Å². The molecule has 10 aromatic rings. The van der Waals surface area contributed by atoms with Gasteiger partial charge in [-0.1, -0.05) is 51.4 Å². The summed E-state index contributed by atoms with van der Waals surface area (Å²) in [5, 5.41) is 36.8. The number of nitrogens with two attached hydrogens (primary N) is 1. The Kier molecular flexibility index (Phi) is 25.4. The van der Waals surface area contributed by atoms with E-state index in [1.54, 1.807) is 41.6 Å². The van der Waals surface area contributed by atoms with Crippen LogP contribution in [0.4, 0.5) is 47.4 Å². The quantitative estimate of drug-likeness (QED) is 0.0741. The molecule has 12 heterocycles. The van der Waals surface area contributed by atoms with E-state index < -0.39 is 11.6 Å². The molecule has 0 aliphatic carbocycles. The van der Waals surface area contributed by atoms with Crippen LogP contribution in [0.5, 0.6) is 0 Å². The molecular weight excluding hydrogens is 1390 g/mol. The first kappa shape index (κ1) is 78.0. The second-order valence-electron chi connectivity index (χ2n) is 27.2. The lowest BCUT2D eigenvalue weighted by Gasteiger charge is -2.32. The van der Waals surface area contributed by atoms with E-state index >= 15 is 0 Å². The average Bonchev–Trinajstić information content (AvgIpc) is 1.61. The molecule has 4 aliphatic rings. The van der Waals surface area contributed by atoms with Crippen LogP contribution in [0, 0.1) is 46.1 Å². The van der Waals surface area contributed by atoms with Crippen molar-refractivity contribution in [2.24, 2.45) is 17.6 Å². The second kappa shape index (κ2) is 34.6. The van der Waals surface area contributed by atoms with Crippen LogP contribution in [0.25, 0.3) is 56.1 Å². The van der Waals surface area contributed by atoms with Gasteiger partial charge in [0.1, 0.15) is 73.4 Å². The van der Waals surface area contributed by atoms with Crippen LogP contribution in [0.3, 0.4) is 0 Å². The van der Waals surface area contributed by atoms with E-state index in [1.807, 2.05) is 114 Å². The Hall–Kier alpha value is -10.6. The van der Waals surface area contributed by atoms with Gasteiger partial charge in [-0.05, 0) is 171 Å². The molecule has 4 aliphatic heterocycles. The number of nitrogens with one attached hydrogen (secondary N) is 2. The third-order valence-corrected chi connectivity index (χ3v) is 21.0. The van der Waals surface area contributed by atoms with Gasteiger partial charge in [-0.3, -0.25) is 18.4 Å². The maximum Gasteiger partial charge on any atom is 0.410 e. The standard InChI is InChI=1S/C35H37FN10OS.C30H27FN8O2S.C10H20N2O2.2CH4/c1-3-28-33(44(2)35-43-31(29(18-37)48-35)22-4-7-26(36)8-5-22)46-21-24(6-9-30(46)42-28)25-19-39-34(40-20-25)45-16-12-23(13-17-45)32(47)41-27-10-14-38-15-11-27;1-3-23-27(37(2)30-36-26(24(14-32)42-30)18-4-7-22(31)8-5-18)39-17-20(6-9-25(39)35-23)21-15-33-29(34-16-21)38-12-10-19(11-13-38)28(40)41;1-10(2,3)14-9(13)12-6-4-8(11)5-7-12;;/h4-9,19-21,23,27,38H,3,10-17H2,1-2H3,(H,41,47);4-9,15-17,19H,3,10-13H2,1-2H3,(H,40,41);8H,4-7,11H2,1-3H3;2*1H4. The number of piperidine rings is 4. The van der Waals surface area contributed by atoms with E-state index in [-0.39, 0.29) is 62.4 Å². The van der Waals surface area contributed by atoms with Crippen molar-refractivity contribution in [2.45, 2.75) is 131 Å². The molecular formula is C77H92F2N20O5S2. The Morgan fingerprint density at radius 2 is 1.01 bits per heavy atom. The number of nitriles is 2. The summed E-state index contributed by atoms with van der Waals surface area (Å²) in [4.78, 5) is 84.3. The van der Waals surface area contributed by atoms with Crippen molar-refractivity contribution in [1.29, 1.82) is 10.5 Å². The van der Waals surface area contributed by atoms with E-state index in [4.69, 9.17) is 40.4 Å². The first-order chi connectivity index (χ1) is 50.1. The van der Waals surface area contributed by atoms with Crippen molar-refractivity contribution >= 4 is 85.7 Å². The first-order valence-corrected chi connectivity index (χ1v) is 36.7. The number of aliphatic carboxylic acids is 1. The monoisotopic (exact) mass is 1480 g/mol. The SMILES string of the molecule is C.C.CC(C)(C)OC(=O)N1CCC(N)CC1.CCc1nc2ccc(-c3cnc(N4CCC(C(=O)NC5CCNCC5)CC4)nc3)cn2c1N(C)c1nc(-c2ccc(F)cc2)c(C#N)s1.CCc1nc2ccc(-c3cnc(N4CCC(C(=O)O)CC4)nc3)cn2c1N(C)c1nc(-c2ccc(F)cc2)c(C#N)s1. The zero-order valence-corrected chi connectivity index (χ0v) is 60.9. The number of ether oxygens (including phenoxy) is 1. The number of fused-ring (bicyclic) bond motifs is 2. The average molecular weight is 1480 g/mol. The lowest BCUT2D eigenvalue weighted by atomic mass is 9.95. The lowest BCUT2D eigenvalue weighted by molar-refractivity contribution is -0.142. The summed E-state index contributed by atoms with van der Waals surface area (Å²) >= 11 is 2.56. The maximum atomic E-state index is 13.6. The Balaban J connectivity index is 0.000000190. The largest absolute Gasteiger partial charge is 0.481 e. The van der Waals surface area contributed by atoms with Crippen molar-refractivity contribution in [2.75, 3.05) is 86.1 Å². The number of nitrogens with zero attached hydrogens (tertiary/aromatic N) is 17. The fourth-order valence-corrected chi connectivity index (χ4v) is 14.9. The number of aryl methyl sites for hydroxylation is 2. The molecule has 14 rings (SSSR count). The summed E-state index contributed by atoms with van der Waals surface area (Å²) in [6.07, 6.45) is 18.9. The Morgan fingerprint density at radius 3 is 1.40 bits per heavy atom. The molecule has 106 heavy (non-hydrogen) atoms. The minimum Gasteiger partial charge on any atom is -0.481 e. The fraction of sp³-hybridized carbons (Fsp3) is 0.416. The lowest BCUT2D eigenvalue weighted by Crippen LogP contribution is -2.47. The van der Waals surface area contributed by atoms with Crippen LogP contribution >= 0.6 is 22.7 Å². The van der Waals surface area contributed by atoms with Crippen LogP contribution in [0.15, 0.2) is 110 Å². The number of hydrogen-bond donors (Lipinski definition) is 4. The summed E-state index contributed by atoms with van der Waals surface area (Å²) < 4.78 is 36.4. The van der Waals surface area contributed by atoms with Crippen LogP contribution in [-0.2, 0) is 27.2 Å². The summed E-state index contributed by atoms with van der Waals surface area (Å²) in [6.45, 7) is 15.8. The number of amides is 2. The minimum atomic E-state index is -0.745. The molecule has 0 unspecified atom stereocenters. The number of carbonyl (C=O) groups excluding carboxylic acids is 2. The Labute approximate surface area is 624 Å². The van der Waals surface area contributed by atoms with Gasteiger partial charge in [0.25, 0.3) is 0 Å². The molecule has 0 bridgehead atoms. The number of pyridine rings is 2. The molecule has 8 aromatic heterocycles. The van der Waals surface area contributed by atoms with Gasteiger partial charge in [0.05, 0.1) is 17.3 Å². The van der Waals surface area contributed by atoms with E-state index in [9.17, 15) is 38.8 Å². The van der Waals surface area contributed by atoms with E-state index in [0.717, 1.165) is 134 Å². The summed E-state index contributed by atoms with van der Waals surface area (Å²) in [5.74, 6) is 1.41. The molecule has 0 atom stereocenters. The topological polar surface area (TPSA) is 306 Å². The molecule has 0 saturated carbocycles. The van der Waals surface area contributed by atoms with Gasteiger partial charge in [-0.25, -0.2) is 53.4 Å². The molecule has 0 radical (unpaired) electrons. The molecule has 4 saturated heterocycles. The zero-order chi connectivity index (χ0) is 73.3. The third-order valence-electron chi connectivity index (χ3n) is 19.0. The number of imidazole rings is 2. The Bertz CT molecular complexity index is 4750. The fourth-order valence-electron chi connectivity index (χ4n) is 13.2. The predicted molar refractivity (Wildman–Crippen MR) is 412 cm³/mol. The highest BCUT2D eigenvalue weighted by Gasteiger charge is 2.31. The first-order valence-electron chi connectivity index (χ1n) is 35.1. The number of aromatic nitrogens is 10. The normalized spacial score (nSPS) is 15.2. The van der Waals surface area contributed by atoms with Gasteiger partial charge < -0.3 is 50.7 Å². The number of thiazole rings is 2. The zero-order valence-electron chi connectivity index (χ0n) is 59.3. The van der Waals surface area contributed by atoms with Gasteiger partial charge >= 0.3 is 12.1 Å². The van der Waals surface area contributed by atoms with Crippen molar-refractivity contribution in [3.05, 3.63) is 143 Å². The predicted octanol–water partition coefficient (Wildman–Crippen LogP) is 13.5. The molecule has 556 valence electrons. The van der Waals surface area contributed by atoms with Crippen molar-refractivity contribution < 1.29 is 33.0 Å². The van der Waals surface area contributed by atoms with Gasteiger partial charge in [-0.2, -0.15) is 10.5 Å². The molecule has 4 fully saturated rings. The van der Waals surface area contributed by atoms with Gasteiger partial charge in [-0.15, -0.1) is 0 Å². The van der Waals surface area contributed by atoms with Crippen LogP contribution in [0.1, 0.15) is 122 Å². The molecule has 2 aromatic carbocycles. The van der Waals surface area contributed by atoms with E-state index in [1.165, 1.54) is 46.9 Å². The van der Waals surface area contributed by atoms with Crippen molar-refractivity contribution in [1.82, 2.24) is 64.2 Å². The number of hydrogen-bond acceptors (Lipinski definition) is 22. The number of benzene rings is 2. The number of likely N-dealkylation sites (tertiary alicyclic amines) is 1. The molecule has 25 nitrogen and oxygen atoms in total. The van der Waals surface area contributed by atoms with E-state index in [2.05, 4.69) is 44.6 Å². The number of rotatable bonds is 15. The second-order valence-corrected chi connectivity index (χ2v) is 29.2.